The SMILES string of the molecule is CN=C1CN(c2ncnn3c(C)nc(-c4ccccc4F)c23)CC(C)C1C=N. The Labute approximate surface area is 162 Å². The molecule has 0 amide bonds. The van der Waals surface area contributed by atoms with Crippen LogP contribution in [0.25, 0.3) is 16.8 Å². The molecular weight excluding hydrogens is 357 g/mol. The number of piperidine rings is 1. The first-order valence-corrected chi connectivity index (χ1v) is 9.21. The third-order valence-electron chi connectivity index (χ3n) is 5.33. The van der Waals surface area contributed by atoms with Gasteiger partial charge in [-0.25, -0.2) is 18.9 Å². The average molecular weight is 379 g/mol. The Morgan fingerprint density at radius 1 is 1.32 bits per heavy atom. The topological polar surface area (TPSA) is 82.5 Å². The van der Waals surface area contributed by atoms with Gasteiger partial charge >= 0.3 is 0 Å². The van der Waals surface area contributed by atoms with Crippen molar-refractivity contribution in [3.8, 4) is 11.3 Å². The number of nitrogens with zero attached hydrogens (tertiary/aromatic N) is 6. The summed E-state index contributed by atoms with van der Waals surface area (Å²) in [7, 11) is 1.76. The van der Waals surface area contributed by atoms with Crippen LogP contribution >= 0.6 is 0 Å². The number of aryl methyl sites for hydroxylation is 1. The predicted octanol–water partition coefficient (Wildman–Crippen LogP) is 3.03. The summed E-state index contributed by atoms with van der Waals surface area (Å²) in [4.78, 5) is 15.7. The number of aromatic nitrogens is 4. The van der Waals surface area contributed by atoms with E-state index in [2.05, 4.69) is 31.9 Å². The monoisotopic (exact) mass is 379 g/mol. The molecule has 1 saturated heterocycles. The van der Waals surface area contributed by atoms with Crippen LogP contribution in [0.15, 0.2) is 35.6 Å². The first kappa shape index (κ1) is 18.2. The van der Waals surface area contributed by atoms with Crippen molar-refractivity contribution in [2.45, 2.75) is 13.8 Å². The van der Waals surface area contributed by atoms with E-state index in [1.54, 1.807) is 29.8 Å². The Bertz CT molecular complexity index is 1070. The second-order valence-electron chi connectivity index (χ2n) is 7.10. The molecule has 2 aromatic heterocycles. The fraction of sp³-hybridized carbons (Fsp3) is 0.350. The Morgan fingerprint density at radius 3 is 2.82 bits per heavy atom. The van der Waals surface area contributed by atoms with Crippen molar-refractivity contribution in [2.24, 2.45) is 16.8 Å². The van der Waals surface area contributed by atoms with Crippen LogP contribution in [0, 0.1) is 30.0 Å². The summed E-state index contributed by atoms with van der Waals surface area (Å²) >= 11 is 0. The largest absolute Gasteiger partial charge is 0.349 e. The molecule has 2 unspecified atom stereocenters. The highest BCUT2D eigenvalue weighted by Gasteiger charge is 2.32. The van der Waals surface area contributed by atoms with Crippen LogP contribution in [0.4, 0.5) is 10.2 Å². The molecule has 1 aliphatic rings. The second-order valence-corrected chi connectivity index (χ2v) is 7.10. The van der Waals surface area contributed by atoms with Crippen LogP contribution in [-0.2, 0) is 0 Å². The van der Waals surface area contributed by atoms with Gasteiger partial charge in [-0.05, 0) is 25.0 Å². The van der Waals surface area contributed by atoms with E-state index in [9.17, 15) is 4.39 Å². The number of hydrogen-bond donors (Lipinski definition) is 1. The van der Waals surface area contributed by atoms with Gasteiger partial charge in [0, 0.05) is 37.0 Å². The zero-order valence-corrected chi connectivity index (χ0v) is 16.1. The molecule has 0 bridgehead atoms. The number of nitrogens with one attached hydrogen (secondary N) is 1. The molecule has 144 valence electrons. The van der Waals surface area contributed by atoms with Crippen molar-refractivity contribution >= 4 is 23.3 Å². The van der Waals surface area contributed by atoms with Gasteiger partial charge in [0.15, 0.2) is 5.82 Å². The maximum atomic E-state index is 14.5. The molecule has 4 rings (SSSR count). The molecule has 1 fully saturated rings. The summed E-state index contributed by atoms with van der Waals surface area (Å²) in [6.45, 7) is 5.23. The molecule has 1 aliphatic heterocycles. The van der Waals surface area contributed by atoms with E-state index in [1.165, 1.54) is 18.6 Å². The maximum Gasteiger partial charge on any atom is 0.159 e. The van der Waals surface area contributed by atoms with Gasteiger partial charge in [-0.3, -0.25) is 4.99 Å². The van der Waals surface area contributed by atoms with Crippen LogP contribution < -0.4 is 4.90 Å². The van der Waals surface area contributed by atoms with Crippen LogP contribution in [0.1, 0.15) is 12.7 Å². The Morgan fingerprint density at radius 2 is 2.11 bits per heavy atom. The third kappa shape index (κ3) is 2.85. The Hall–Kier alpha value is -3.16. The highest BCUT2D eigenvalue weighted by Crippen LogP contribution is 2.33. The highest BCUT2D eigenvalue weighted by molar-refractivity contribution is 6.02. The molecule has 1 aromatic carbocycles. The summed E-state index contributed by atoms with van der Waals surface area (Å²) in [5.41, 5.74) is 2.58. The molecular formula is C20H22FN7. The van der Waals surface area contributed by atoms with Gasteiger partial charge in [0.05, 0.1) is 6.54 Å². The fourth-order valence-electron chi connectivity index (χ4n) is 3.93. The number of hydrogen-bond acceptors (Lipinski definition) is 6. The third-order valence-corrected chi connectivity index (χ3v) is 5.33. The zero-order valence-electron chi connectivity index (χ0n) is 16.1. The van der Waals surface area contributed by atoms with Crippen molar-refractivity contribution in [3.05, 3.63) is 42.2 Å². The molecule has 1 N–H and O–H groups in total. The molecule has 0 aliphatic carbocycles. The summed E-state index contributed by atoms with van der Waals surface area (Å²) in [5, 5.41) is 12.1. The lowest BCUT2D eigenvalue weighted by Crippen LogP contribution is -2.47. The number of rotatable bonds is 3. The van der Waals surface area contributed by atoms with E-state index >= 15 is 0 Å². The molecule has 0 radical (unpaired) electrons. The first-order chi connectivity index (χ1) is 13.5. The lowest BCUT2D eigenvalue weighted by Gasteiger charge is -2.37. The summed E-state index contributed by atoms with van der Waals surface area (Å²) in [5.74, 6) is 1.27. The Kier molecular flexibility index (Phi) is 4.62. The average Bonchev–Trinajstić information content (AvgIpc) is 3.04. The molecule has 7 nitrogen and oxygen atoms in total. The summed E-state index contributed by atoms with van der Waals surface area (Å²) in [6.07, 6.45) is 2.96. The molecule has 28 heavy (non-hydrogen) atoms. The first-order valence-electron chi connectivity index (χ1n) is 9.21. The molecule has 0 spiro atoms. The van der Waals surface area contributed by atoms with Crippen molar-refractivity contribution in [1.82, 2.24) is 19.6 Å². The fourth-order valence-corrected chi connectivity index (χ4v) is 3.93. The van der Waals surface area contributed by atoms with Crippen LogP contribution in [0.2, 0.25) is 0 Å². The van der Waals surface area contributed by atoms with Gasteiger partial charge in [-0.2, -0.15) is 5.10 Å². The van der Waals surface area contributed by atoms with Gasteiger partial charge in [0.2, 0.25) is 0 Å². The van der Waals surface area contributed by atoms with E-state index in [4.69, 9.17) is 5.41 Å². The smallest absolute Gasteiger partial charge is 0.159 e. The van der Waals surface area contributed by atoms with E-state index in [0.29, 0.717) is 41.5 Å². The molecule has 8 heteroatoms. The molecule has 3 heterocycles. The standard InChI is InChI=1S/C20H22FN7/c1-12-9-27(10-17(23-3)15(12)8-22)20-19-18(14-6-4-5-7-16(14)21)26-13(2)28(19)25-11-24-20/h4-8,11-12,15,22H,9-10H2,1-3H3. The maximum absolute atomic E-state index is 14.5. The minimum atomic E-state index is -0.330. The number of fused-ring (bicyclic) bond motifs is 1. The van der Waals surface area contributed by atoms with Crippen molar-refractivity contribution < 1.29 is 4.39 Å². The van der Waals surface area contributed by atoms with E-state index in [1.807, 2.05) is 6.92 Å². The van der Waals surface area contributed by atoms with Gasteiger partial charge in [0.1, 0.15) is 29.2 Å². The van der Waals surface area contributed by atoms with E-state index in [-0.39, 0.29) is 17.7 Å². The van der Waals surface area contributed by atoms with Crippen LogP contribution in [-0.4, -0.2) is 51.6 Å². The number of aliphatic imine (C=N–C) groups is 1. The van der Waals surface area contributed by atoms with Crippen molar-refractivity contribution in [3.63, 3.8) is 0 Å². The van der Waals surface area contributed by atoms with Gasteiger partial charge < -0.3 is 10.3 Å². The Balaban J connectivity index is 1.89. The van der Waals surface area contributed by atoms with Gasteiger partial charge in [-0.15, -0.1) is 0 Å². The highest BCUT2D eigenvalue weighted by atomic mass is 19.1. The predicted molar refractivity (Wildman–Crippen MR) is 108 cm³/mol. The molecule has 0 saturated carbocycles. The van der Waals surface area contributed by atoms with Crippen molar-refractivity contribution in [2.75, 3.05) is 25.0 Å². The summed E-state index contributed by atoms with van der Waals surface area (Å²) < 4.78 is 16.2. The normalized spacial score (nSPS) is 21.4. The number of anilines is 1. The number of halogens is 1. The molecule has 2 atom stereocenters. The van der Waals surface area contributed by atoms with Gasteiger partial charge in [-0.1, -0.05) is 19.1 Å². The minimum Gasteiger partial charge on any atom is -0.349 e. The number of imidazole rings is 1. The van der Waals surface area contributed by atoms with Crippen molar-refractivity contribution in [1.29, 1.82) is 5.41 Å². The van der Waals surface area contributed by atoms with Crippen LogP contribution in [0.3, 0.4) is 0 Å². The summed E-state index contributed by atoms with van der Waals surface area (Å²) in [6, 6.07) is 6.60. The van der Waals surface area contributed by atoms with Crippen LogP contribution in [0.5, 0.6) is 0 Å². The van der Waals surface area contributed by atoms with Gasteiger partial charge in [0.25, 0.3) is 0 Å². The lowest BCUT2D eigenvalue weighted by atomic mass is 9.86. The molecule has 3 aromatic rings. The minimum absolute atomic E-state index is 0.0248. The zero-order chi connectivity index (χ0) is 19.8. The van der Waals surface area contributed by atoms with E-state index < -0.39 is 0 Å². The number of benzene rings is 1. The van der Waals surface area contributed by atoms with E-state index in [0.717, 1.165) is 5.71 Å². The second kappa shape index (κ2) is 7.10. The quantitative estimate of drug-likeness (QED) is 0.709. The lowest BCUT2D eigenvalue weighted by molar-refractivity contribution is 0.506.